The molecule has 0 aliphatic carbocycles. The van der Waals surface area contributed by atoms with E-state index in [0.29, 0.717) is 16.6 Å². The van der Waals surface area contributed by atoms with Gasteiger partial charge >= 0.3 is 0 Å². The number of hydrogen-bond donors (Lipinski definition) is 3. The Morgan fingerprint density at radius 3 is 2.65 bits per heavy atom. The number of alkyl halides is 2. The van der Waals surface area contributed by atoms with Gasteiger partial charge in [0.05, 0.1) is 17.0 Å². The van der Waals surface area contributed by atoms with E-state index in [2.05, 4.69) is 11.1 Å². The third-order valence-electron chi connectivity index (χ3n) is 2.86. The zero-order valence-corrected chi connectivity index (χ0v) is 10.4. The molecular formula is C14H12F2N4. The number of nitrogens with two attached hydrogens (primary N) is 2. The number of fused-ring (bicyclic) bond motifs is 1. The van der Waals surface area contributed by atoms with Crippen LogP contribution in [-0.2, 0) is 0 Å². The van der Waals surface area contributed by atoms with Crippen LogP contribution in [0.25, 0.3) is 16.5 Å². The summed E-state index contributed by atoms with van der Waals surface area (Å²) in [5.41, 5.74) is 11.8. The third kappa shape index (κ3) is 2.34. The predicted molar refractivity (Wildman–Crippen MR) is 73.5 cm³/mol. The van der Waals surface area contributed by atoms with Crippen molar-refractivity contribution in [3.8, 4) is 6.07 Å². The summed E-state index contributed by atoms with van der Waals surface area (Å²) in [7, 11) is 0. The number of rotatable bonds is 3. The Bertz CT molecular complexity index is 735. The molecule has 4 nitrogen and oxygen atoms in total. The van der Waals surface area contributed by atoms with Gasteiger partial charge in [0.25, 0.3) is 6.43 Å². The maximum atomic E-state index is 12.5. The molecule has 5 N–H and O–H groups in total. The fraction of sp³-hybridized carbons (Fsp3) is 0.0714. The molecule has 0 bridgehead atoms. The van der Waals surface area contributed by atoms with Gasteiger partial charge in [-0.05, 0) is 12.1 Å². The highest BCUT2D eigenvalue weighted by Gasteiger charge is 2.15. The zero-order valence-electron chi connectivity index (χ0n) is 10.4. The minimum atomic E-state index is -2.78. The van der Waals surface area contributed by atoms with Gasteiger partial charge in [-0.15, -0.1) is 0 Å². The van der Waals surface area contributed by atoms with E-state index < -0.39 is 12.1 Å². The molecule has 20 heavy (non-hydrogen) atoms. The van der Waals surface area contributed by atoms with Gasteiger partial charge in [-0.25, -0.2) is 8.78 Å². The molecule has 0 aliphatic heterocycles. The molecule has 6 heteroatoms. The number of aromatic nitrogens is 1. The number of allylic oxidation sites excluding steroid dienone is 3. The summed E-state index contributed by atoms with van der Waals surface area (Å²) in [6.45, 7) is 0. The number of hydrogen-bond acceptors (Lipinski definition) is 3. The second-order valence-corrected chi connectivity index (χ2v) is 4.10. The van der Waals surface area contributed by atoms with Gasteiger partial charge < -0.3 is 16.5 Å². The summed E-state index contributed by atoms with van der Waals surface area (Å²) < 4.78 is 25.0. The number of halogens is 2. The summed E-state index contributed by atoms with van der Waals surface area (Å²) in [5, 5.41) is 9.96. The van der Waals surface area contributed by atoms with Crippen molar-refractivity contribution in [3.05, 3.63) is 53.5 Å². The molecule has 0 radical (unpaired) electrons. The van der Waals surface area contributed by atoms with Crippen LogP contribution in [-0.4, -0.2) is 11.4 Å². The van der Waals surface area contributed by atoms with Crippen LogP contribution >= 0.6 is 0 Å². The largest absolute Gasteiger partial charge is 0.404 e. The number of nitrogens with one attached hydrogen (secondary N) is 1. The van der Waals surface area contributed by atoms with Crippen LogP contribution in [0.5, 0.6) is 0 Å². The predicted octanol–water partition coefficient (Wildman–Crippen LogP) is 2.45. The third-order valence-corrected chi connectivity index (χ3v) is 2.86. The Balaban J connectivity index is 2.63. The van der Waals surface area contributed by atoms with Crippen molar-refractivity contribution >= 4 is 16.5 Å². The van der Waals surface area contributed by atoms with Gasteiger partial charge in [0.2, 0.25) is 0 Å². The van der Waals surface area contributed by atoms with E-state index in [1.54, 1.807) is 24.3 Å². The van der Waals surface area contributed by atoms with E-state index in [1.807, 2.05) is 0 Å². The fourth-order valence-corrected chi connectivity index (χ4v) is 1.92. The van der Waals surface area contributed by atoms with Gasteiger partial charge in [0.15, 0.2) is 0 Å². The Kier molecular flexibility index (Phi) is 3.71. The van der Waals surface area contributed by atoms with Crippen LogP contribution in [0.15, 0.2) is 42.2 Å². The van der Waals surface area contributed by atoms with Crippen LogP contribution in [0.1, 0.15) is 11.3 Å². The normalized spacial score (nSPS) is 12.9. The number of aromatic amines is 1. The van der Waals surface area contributed by atoms with Crippen molar-refractivity contribution in [3.63, 3.8) is 0 Å². The smallest absolute Gasteiger partial charge is 0.277 e. The molecule has 0 saturated heterocycles. The number of para-hydroxylation sites is 1. The van der Waals surface area contributed by atoms with Crippen LogP contribution in [0.4, 0.5) is 8.78 Å². The van der Waals surface area contributed by atoms with Gasteiger partial charge in [-0.2, -0.15) is 5.26 Å². The highest BCUT2D eigenvalue weighted by Crippen LogP contribution is 2.27. The lowest BCUT2D eigenvalue weighted by Crippen LogP contribution is -2.08. The molecule has 0 aliphatic rings. The Morgan fingerprint density at radius 1 is 1.35 bits per heavy atom. The van der Waals surface area contributed by atoms with Gasteiger partial charge in [0, 0.05) is 22.7 Å². The van der Waals surface area contributed by atoms with E-state index in [0.717, 1.165) is 17.8 Å². The second kappa shape index (κ2) is 5.45. The average molecular weight is 274 g/mol. The molecule has 0 atom stereocenters. The minimum Gasteiger partial charge on any atom is -0.404 e. The Hall–Kier alpha value is -2.81. The molecule has 0 amide bonds. The van der Waals surface area contributed by atoms with Crippen LogP contribution in [0, 0.1) is 11.3 Å². The van der Waals surface area contributed by atoms with Crippen LogP contribution in [0.2, 0.25) is 0 Å². The van der Waals surface area contributed by atoms with Gasteiger partial charge in [0.1, 0.15) is 6.07 Å². The second-order valence-electron chi connectivity index (χ2n) is 4.10. The molecular weight excluding hydrogens is 262 g/mol. The van der Waals surface area contributed by atoms with E-state index in [1.165, 1.54) is 0 Å². The molecule has 1 aromatic carbocycles. The highest BCUT2D eigenvalue weighted by atomic mass is 19.3. The summed E-state index contributed by atoms with van der Waals surface area (Å²) in [5.74, 6) is 0. The topological polar surface area (TPSA) is 91.6 Å². The zero-order chi connectivity index (χ0) is 14.7. The van der Waals surface area contributed by atoms with E-state index in [9.17, 15) is 14.0 Å². The quantitative estimate of drug-likeness (QED) is 0.751. The fourth-order valence-electron chi connectivity index (χ4n) is 1.92. The van der Waals surface area contributed by atoms with Crippen LogP contribution in [0.3, 0.4) is 0 Å². The first-order chi connectivity index (χ1) is 9.58. The maximum absolute atomic E-state index is 12.5. The molecule has 0 saturated carbocycles. The Labute approximate surface area is 114 Å². The van der Waals surface area contributed by atoms with Crippen molar-refractivity contribution in [2.45, 2.75) is 6.43 Å². The SMILES string of the molecule is N#Cc1c(C(/C=C(\N)C(F)F)=C/N)[nH]c2ccccc12. The first-order valence-electron chi connectivity index (χ1n) is 5.76. The molecule has 0 fully saturated rings. The summed E-state index contributed by atoms with van der Waals surface area (Å²) >= 11 is 0. The van der Waals surface area contributed by atoms with Crippen molar-refractivity contribution in [1.82, 2.24) is 4.98 Å². The highest BCUT2D eigenvalue weighted by molar-refractivity contribution is 5.93. The molecule has 0 spiro atoms. The monoisotopic (exact) mass is 274 g/mol. The minimum absolute atomic E-state index is 0.246. The molecule has 2 rings (SSSR count). The van der Waals surface area contributed by atoms with E-state index >= 15 is 0 Å². The molecule has 2 aromatic rings. The van der Waals surface area contributed by atoms with Gasteiger partial charge in [-0.3, -0.25) is 0 Å². The molecule has 0 unspecified atom stereocenters. The summed E-state index contributed by atoms with van der Waals surface area (Å²) in [6.07, 6.45) is -0.573. The van der Waals surface area contributed by atoms with Crippen molar-refractivity contribution in [1.29, 1.82) is 5.26 Å². The lowest BCUT2D eigenvalue weighted by atomic mass is 10.1. The summed E-state index contributed by atoms with van der Waals surface area (Å²) in [4.78, 5) is 2.99. The van der Waals surface area contributed by atoms with Crippen molar-refractivity contribution in [2.24, 2.45) is 11.5 Å². The lowest BCUT2D eigenvalue weighted by Gasteiger charge is -2.03. The molecule has 102 valence electrons. The number of nitrogens with zero attached hydrogens (tertiary/aromatic N) is 1. The van der Waals surface area contributed by atoms with Crippen molar-refractivity contribution < 1.29 is 8.78 Å². The van der Waals surface area contributed by atoms with Gasteiger partial charge in [-0.1, -0.05) is 18.2 Å². The average Bonchev–Trinajstić information content (AvgIpc) is 2.82. The molecule has 1 aromatic heterocycles. The van der Waals surface area contributed by atoms with E-state index in [4.69, 9.17) is 11.5 Å². The first-order valence-corrected chi connectivity index (χ1v) is 5.76. The van der Waals surface area contributed by atoms with Crippen LogP contribution < -0.4 is 11.5 Å². The first kappa shape index (κ1) is 13.6. The standard InChI is InChI=1S/C14H12F2N4/c15-14(16)11(19)5-8(6-17)13-10(7-18)9-3-1-2-4-12(9)20-13/h1-6,14,20H,17,19H2/b8-6+,11-5-. The molecule has 1 heterocycles. The maximum Gasteiger partial charge on any atom is 0.277 e. The van der Waals surface area contributed by atoms with Crippen molar-refractivity contribution in [2.75, 3.05) is 0 Å². The number of benzene rings is 1. The lowest BCUT2D eigenvalue weighted by molar-refractivity contribution is 0.188. The number of nitriles is 1. The Morgan fingerprint density at radius 2 is 2.05 bits per heavy atom. The van der Waals surface area contributed by atoms with E-state index in [-0.39, 0.29) is 5.57 Å². The summed E-state index contributed by atoms with van der Waals surface area (Å²) in [6, 6.07) is 9.19. The number of H-pyrrole nitrogens is 1.